The van der Waals surface area contributed by atoms with E-state index < -0.39 is 0 Å². The van der Waals surface area contributed by atoms with Crippen molar-refractivity contribution in [3.05, 3.63) is 34.4 Å². The molecule has 0 unspecified atom stereocenters. The normalized spacial score (nSPS) is 10.8. The molecule has 0 atom stereocenters. The highest BCUT2D eigenvalue weighted by Crippen LogP contribution is 2.15. The number of nitrogens with zero attached hydrogens (tertiary/aromatic N) is 4. The van der Waals surface area contributed by atoms with Gasteiger partial charge in [-0.3, -0.25) is 14.2 Å². The van der Waals surface area contributed by atoms with E-state index in [2.05, 4.69) is 15.5 Å². The first-order valence-electron chi connectivity index (χ1n) is 6.59. The molecule has 108 valence electrons. The van der Waals surface area contributed by atoms with Crippen LogP contribution in [0, 0.1) is 6.92 Å². The molecule has 2 heterocycles. The number of aromatic nitrogens is 4. The van der Waals surface area contributed by atoms with Crippen molar-refractivity contribution < 1.29 is 4.79 Å². The fourth-order valence-corrected chi connectivity index (χ4v) is 2.21. The summed E-state index contributed by atoms with van der Waals surface area (Å²) in [5.74, 6) is -0.224. The second-order valence-electron chi connectivity index (χ2n) is 4.43. The third-order valence-electron chi connectivity index (χ3n) is 3.12. The largest absolute Gasteiger partial charge is 0.346 e. The molecule has 1 amide bonds. The summed E-state index contributed by atoms with van der Waals surface area (Å²) < 4.78 is 3.43. The summed E-state index contributed by atoms with van der Waals surface area (Å²) in [5.41, 5.74) is 2.32. The van der Waals surface area contributed by atoms with Crippen LogP contribution in [0.1, 0.15) is 35.6 Å². The zero-order valence-electron chi connectivity index (χ0n) is 11.9. The van der Waals surface area contributed by atoms with Gasteiger partial charge in [0, 0.05) is 31.4 Å². The maximum atomic E-state index is 12.2. The first-order chi connectivity index (χ1) is 9.56. The molecule has 2 rings (SSSR count). The number of halogens is 1. The molecule has 1 N–H and O–H groups in total. The second kappa shape index (κ2) is 6.09. The van der Waals surface area contributed by atoms with Crippen molar-refractivity contribution >= 4 is 17.5 Å². The van der Waals surface area contributed by atoms with Crippen molar-refractivity contribution in [1.82, 2.24) is 24.9 Å². The number of hydrogen-bond acceptors (Lipinski definition) is 3. The Hall–Kier alpha value is -1.82. The Morgan fingerprint density at radius 1 is 1.40 bits per heavy atom. The summed E-state index contributed by atoms with van der Waals surface area (Å²) in [4.78, 5) is 12.2. The Labute approximate surface area is 122 Å². The minimum atomic E-state index is -0.224. The standard InChI is InChI=1S/C13H18ClN5O/c1-4-18-8-10(9(3)17-18)6-15-13(20)12-11(14)7-16-19(12)5-2/h7-8H,4-6H2,1-3H3,(H,15,20). The van der Waals surface area contributed by atoms with Crippen LogP contribution in [0.3, 0.4) is 0 Å². The molecule has 0 radical (unpaired) electrons. The van der Waals surface area contributed by atoms with Crippen LogP contribution in [0.4, 0.5) is 0 Å². The van der Waals surface area contributed by atoms with E-state index in [0.29, 0.717) is 23.8 Å². The number of hydrogen-bond donors (Lipinski definition) is 1. The fraction of sp³-hybridized carbons (Fsp3) is 0.462. The molecule has 0 fully saturated rings. The van der Waals surface area contributed by atoms with Gasteiger partial charge in [0.1, 0.15) is 5.69 Å². The molecule has 7 heteroatoms. The highest BCUT2D eigenvalue weighted by Gasteiger charge is 2.17. The molecule has 0 aromatic carbocycles. The third kappa shape index (κ3) is 2.85. The van der Waals surface area contributed by atoms with Gasteiger partial charge in [-0.2, -0.15) is 10.2 Å². The Kier molecular flexibility index (Phi) is 4.44. The van der Waals surface area contributed by atoms with Crippen molar-refractivity contribution in [2.24, 2.45) is 0 Å². The second-order valence-corrected chi connectivity index (χ2v) is 4.84. The Morgan fingerprint density at radius 3 is 2.75 bits per heavy atom. The van der Waals surface area contributed by atoms with Crippen molar-refractivity contribution in [3.8, 4) is 0 Å². The van der Waals surface area contributed by atoms with E-state index in [-0.39, 0.29) is 5.91 Å². The van der Waals surface area contributed by atoms with Gasteiger partial charge in [0.25, 0.3) is 5.91 Å². The molecule has 0 aliphatic rings. The highest BCUT2D eigenvalue weighted by atomic mass is 35.5. The van der Waals surface area contributed by atoms with E-state index in [1.165, 1.54) is 6.20 Å². The van der Waals surface area contributed by atoms with Crippen LogP contribution in [0.25, 0.3) is 0 Å². The maximum absolute atomic E-state index is 12.2. The number of nitrogens with one attached hydrogen (secondary N) is 1. The van der Waals surface area contributed by atoms with E-state index in [1.807, 2.05) is 31.6 Å². The van der Waals surface area contributed by atoms with Crippen molar-refractivity contribution in [2.75, 3.05) is 0 Å². The first kappa shape index (κ1) is 14.6. The van der Waals surface area contributed by atoms with Crippen LogP contribution in [0.15, 0.2) is 12.4 Å². The topological polar surface area (TPSA) is 64.7 Å². The summed E-state index contributed by atoms with van der Waals surface area (Å²) in [7, 11) is 0. The van der Waals surface area contributed by atoms with E-state index in [0.717, 1.165) is 17.8 Å². The van der Waals surface area contributed by atoms with Gasteiger partial charge in [0.2, 0.25) is 0 Å². The summed E-state index contributed by atoms with van der Waals surface area (Å²) in [5, 5.41) is 11.6. The van der Waals surface area contributed by atoms with E-state index in [4.69, 9.17) is 11.6 Å². The first-order valence-corrected chi connectivity index (χ1v) is 6.97. The van der Waals surface area contributed by atoms with Gasteiger partial charge >= 0.3 is 0 Å². The van der Waals surface area contributed by atoms with E-state index in [1.54, 1.807) is 4.68 Å². The Morgan fingerprint density at radius 2 is 2.15 bits per heavy atom. The minimum Gasteiger partial charge on any atom is -0.346 e. The summed E-state index contributed by atoms with van der Waals surface area (Å²) in [6.07, 6.45) is 3.43. The molecule has 0 saturated carbocycles. The van der Waals surface area contributed by atoms with Gasteiger partial charge in [-0.15, -0.1) is 0 Å². The molecule has 6 nitrogen and oxygen atoms in total. The van der Waals surface area contributed by atoms with Crippen LogP contribution in [-0.4, -0.2) is 25.5 Å². The van der Waals surface area contributed by atoms with Crippen LogP contribution in [0.2, 0.25) is 5.02 Å². The number of carbonyl (C=O) groups excluding carboxylic acids is 1. The SMILES string of the molecule is CCn1cc(CNC(=O)c2c(Cl)cnn2CC)c(C)n1. The van der Waals surface area contributed by atoms with Crippen LogP contribution in [-0.2, 0) is 19.6 Å². The summed E-state index contributed by atoms with van der Waals surface area (Å²) >= 11 is 6.00. The summed E-state index contributed by atoms with van der Waals surface area (Å²) in [6.45, 7) is 7.70. The lowest BCUT2D eigenvalue weighted by atomic mass is 10.2. The zero-order chi connectivity index (χ0) is 14.7. The Bertz CT molecular complexity index is 616. The number of rotatable bonds is 5. The highest BCUT2D eigenvalue weighted by molar-refractivity contribution is 6.33. The lowest BCUT2D eigenvalue weighted by Crippen LogP contribution is -2.26. The predicted molar refractivity (Wildman–Crippen MR) is 76.7 cm³/mol. The molecule has 2 aromatic heterocycles. The average Bonchev–Trinajstić information content (AvgIpc) is 2.99. The van der Waals surface area contributed by atoms with Crippen LogP contribution >= 0.6 is 11.6 Å². The molecule has 2 aromatic rings. The van der Waals surface area contributed by atoms with Gasteiger partial charge in [-0.25, -0.2) is 0 Å². The molecule has 0 aliphatic heterocycles. The van der Waals surface area contributed by atoms with Gasteiger partial charge in [0.15, 0.2) is 0 Å². The van der Waals surface area contributed by atoms with Crippen molar-refractivity contribution in [3.63, 3.8) is 0 Å². The molecule has 0 spiro atoms. The smallest absolute Gasteiger partial charge is 0.271 e. The molecular weight excluding hydrogens is 278 g/mol. The zero-order valence-corrected chi connectivity index (χ0v) is 12.6. The number of carbonyl (C=O) groups is 1. The maximum Gasteiger partial charge on any atom is 0.271 e. The van der Waals surface area contributed by atoms with Gasteiger partial charge in [-0.1, -0.05) is 11.6 Å². The third-order valence-corrected chi connectivity index (χ3v) is 3.40. The fourth-order valence-electron chi connectivity index (χ4n) is 1.98. The predicted octanol–water partition coefficient (Wildman–Crippen LogP) is 2.01. The lowest BCUT2D eigenvalue weighted by Gasteiger charge is -2.06. The van der Waals surface area contributed by atoms with Crippen molar-refractivity contribution in [1.29, 1.82) is 0 Å². The molecule has 0 aliphatic carbocycles. The van der Waals surface area contributed by atoms with Crippen LogP contribution < -0.4 is 5.32 Å². The van der Waals surface area contributed by atoms with Gasteiger partial charge in [0.05, 0.1) is 16.9 Å². The molecular formula is C13H18ClN5O. The monoisotopic (exact) mass is 295 g/mol. The number of aryl methyl sites for hydroxylation is 3. The van der Waals surface area contributed by atoms with Gasteiger partial charge in [-0.05, 0) is 20.8 Å². The average molecular weight is 296 g/mol. The van der Waals surface area contributed by atoms with E-state index >= 15 is 0 Å². The molecule has 0 bridgehead atoms. The minimum absolute atomic E-state index is 0.224. The molecule has 0 saturated heterocycles. The van der Waals surface area contributed by atoms with Crippen LogP contribution in [0.5, 0.6) is 0 Å². The lowest BCUT2D eigenvalue weighted by molar-refractivity contribution is 0.0940. The summed E-state index contributed by atoms with van der Waals surface area (Å²) in [6, 6.07) is 0. The Balaban J connectivity index is 2.08. The van der Waals surface area contributed by atoms with Gasteiger partial charge < -0.3 is 5.32 Å². The number of amides is 1. The molecule has 20 heavy (non-hydrogen) atoms. The van der Waals surface area contributed by atoms with Crippen molar-refractivity contribution in [2.45, 2.75) is 40.4 Å². The van der Waals surface area contributed by atoms with E-state index in [9.17, 15) is 4.79 Å². The quantitative estimate of drug-likeness (QED) is 0.918.